The van der Waals surface area contributed by atoms with Crippen LogP contribution in [0, 0.1) is 0 Å². The van der Waals surface area contributed by atoms with E-state index in [0.29, 0.717) is 35.8 Å². The highest BCUT2D eigenvalue weighted by atomic mass is 19.4. The van der Waals surface area contributed by atoms with E-state index in [2.05, 4.69) is 20.3 Å². The first-order chi connectivity index (χ1) is 16.4. The van der Waals surface area contributed by atoms with Crippen molar-refractivity contribution in [3.8, 4) is 0 Å². The predicted molar refractivity (Wildman–Crippen MR) is 117 cm³/mol. The zero-order chi connectivity index (χ0) is 25.5. The molecule has 1 atom stereocenters. The first-order valence-electron chi connectivity index (χ1n) is 11.0. The Bertz CT molecular complexity index is 1170. The van der Waals surface area contributed by atoms with Crippen LogP contribution in [0.2, 0.25) is 0 Å². The molecule has 1 aliphatic heterocycles. The van der Waals surface area contributed by atoms with Gasteiger partial charge in [0.15, 0.2) is 17.0 Å². The van der Waals surface area contributed by atoms with Crippen molar-refractivity contribution in [2.24, 2.45) is 0 Å². The van der Waals surface area contributed by atoms with Gasteiger partial charge in [-0.3, -0.25) is 0 Å². The van der Waals surface area contributed by atoms with E-state index in [1.54, 1.807) is 10.9 Å². The molecule has 13 heteroatoms. The molecule has 3 heterocycles. The summed E-state index contributed by atoms with van der Waals surface area (Å²) in [5, 5.41) is 12.6. The molecule has 1 fully saturated rings. The molecule has 1 unspecified atom stereocenters. The molecule has 0 aliphatic carbocycles. The van der Waals surface area contributed by atoms with E-state index in [9.17, 15) is 31.4 Å². The number of halogens is 6. The van der Waals surface area contributed by atoms with Crippen LogP contribution in [-0.4, -0.2) is 43.8 Å². The summed E-state index contributed by atoms with van der Waals surface area (Å²) in [7, 11) is 0. The quantitative estimate of drug-likeness (QED) is 0.461. The number of rotatable bonds is 6. The van der Waals surface area contributed by atoms with Gasteiger partial charge in [-0.25, -0.2) is 4.98 Å². The maximum Gasteiger partial charge on any atom is 0.416 e. The third-order valence-corrected chi connectivity index (χ3v) is 5.92. The van der Waals surface area contributed by atoms with E-state index in [-0.39, 0.29) is 42.7 Å². The van der Waals surface area contributed by atoms with E-state index < -0.39 is 23.5 Å². The van der Waals surface area contributed by atoms with Crippen LogP contribution in [0.25, 0.3) is 11.2 Å². The number of anilines is 2. The molecule has 0 spiro atoms. The number of aromatic nitrogens is 4. The van der Waals surface area contributed by atoms with Crippen LogP contribution in [0.4, 0.5) is 38.1 Å². The lowest BCUT2D eigenvalue weighted by Crippen LogP contribution is -2.33. The minimum Gasteiger partial charge on any atom is -0.394 e. The largest absolute Gasteiger partial charge is 0.416 e. The third-order valence-electron chi connectivity index (χ3n) is 5.92. The maximum atomic E-state index is 13.2. The summed E-state index contributed by atoms with van der Waals surface area (Å²) in [6, 6.07) is 1.25. The lowest BCUT2D eigenvalue weighted by molar-refractivity contribution is -0.143. The Kier molecular flexibility index (Phi) is 6.56. The van der Waals surface area contributed by atoms with Gasteiger partial charge in [0.1, 0.15) is 0 Å². The summed E-state index contributed by atoms with van der Waals surface area (Å²) < 4.78 is 81.2. The summed E-state index contributed by atoms with van der Waals surface area (Å²) in [6.07, 6.45) is -6.75. The lowest BCUT2D eigenvalue weighted by Gasteiger charge is -2.24. The predicted octanol–water partition coefficient (Wildman–Crippen LogP) is 5.02. The number of alkyl halides is 6. The SMILES string of the molecule is CC(C)n1cnc2c(NCc3cc(C(F)(F)F)cc(C(F)(F)F)c3)nc(N3CCCC3CO)nc21. The van der Waals surface area contributed by atoms with Crippen LogP contribution < -0.4 is 10.2 Å². The van der Waals surface area contributed by atoms with Gasteiger partial charge in [0.2, 0.25) is 5.95 Å². The first-order valence-corrected chi connectivity index (χ1v) is 11.0. The van der Waals surface area contributed by atoms with Crippen LogP contribution in [0.3, 0.4) is 0 Å². The Morgan fingerprint density at radius 1 is 1.06 bits per heavy atom. The summed E-state index contributed by atoms with van der Waals surface area (Å²) in [5.74, 6) is 0.484. The van der Waals surface area contributed by atoms with Crippen molar-refractivity contribution in [2.45, 2.75) is 57.7 Å². The van der Waals surface area contributed by atoms with Crippen LogP contribution in [-0.2, 0) is 18.9 Å². The number of imidazole rings is 1. The number of nitrogens with zero attached hydrogens (tertiary/aromatic N) is 5. The second-order valence-corrected chi connectivity index (χ2v) is 8.73. The van der Waals surface area contributed by atoms with Gasteiger partial charge in [-0.1, -0.05) is 0 Å². The van der Waals surface area contributed by atoms with E-state index in [1.165, 1.54) is 0 Å². The van der Waals surface area contributed by atoms with E-state index >= 15 is 0 Å². The highest BCUT2D eigenvalue weighted by Crippen LogP contribution is 2.37. The Morgan fingerprint density at radius 2 is 1.71 bits per heavy atom. The molecule has 3 aromatic rings. The minimum absolute atomic E-state index is 0.0133. The van der Waals surface area contributed by atoms with Gasteiger partial charge in [0, 0.05) is 19.1 Å². The fraction of sp³-hybridized carbons (Fsp3) is 0.500. The number of fused-ring (bicyclic) bond motifs is 1. The zero-order valence-corrected chi connectivity index (χ0v) is 19.0. The fourth-order valence-corrected chi connectivity index (χ4v) is 4.13. The van der Waals surface area contributed by atoms with E-state index in [0.717, 1.165) is 12.8 Å². The topological polar surface area (TPSA) is 79.1 Å². The van der Waals surface area contributed by atoms with Crippen molar-refractivity contribution in [3.05, 3.63) is 41.2 Å². The van der Waals surface area contributed by atoms with Crippen molar-refractivity contribution in [1.29, 1.82) is 0 Å². The van der Waals surface area contributed by atoms with Gasteiger partial charge < -0.3 is 19.9 Å². The van der Waals surface area contributed by atoms with Gasteiger partial charge in [-0.15, -0.1) is 0 Å². The molecule has 2 N–H and O–H groups in total. The Hall–Kier alpha value is -3.09. The normalized spacial score (nSPS) is 17.1. The summed E-state index contributed by atoms with van der Waals surface area (Å²) in [6.45, 7) is 4.00. The molecule has 2 aromatic heterocycles. The number of nitrogens with one attached hydrogen (secondary N) is 1. The van der Waals surface area contributed by atoms with E-state index in [1.807, 2.05) is 18.7 Å². The highest BCUT2D eigenvalue weighted by molar-refractivity contribution is 5.84. The summed E-state index contributed by atoms with van der Waals surface area (Å²) in [4.78, 5) is 15.3. The third kappa shape index (κ3) is 5.14. The average molecular weight is 502 g/mol. The molecule has 7 nitrogen and oxygen atoms in total. The van der Waals surface area contributed by atoms with Crippen molar-refractivity contribution in [3.63, 3.8) is 0 Å². The van der Waals surface area contributed by atoms with Gasteiger partial charge in [-0.2, -0.15) is 36.3 Å². The molecule has 1 saturated heterocycles. The number of aliphatic hydroxyl groups is 1. The second kappa shape index (κ2) is 9.17. The lowest BCUT2D eigenvalue weighted by atomic mass is 10.0. The van der Waals surface area contributed by atoms with Crippen molar-refractivity contribution in [2.75, 3.05) is 23.4 Å². The molecule has 1 aromatic carbocycles. The van der Waals surface area contributed by atoms with Gasteiger partial charge >= 0.3 is 12.4 Å². The van der Waals surface area contributed by atoms with E-state index in [4.69, 9.17) is 0 Å². The number of hydrogen-bond acceptors (Lipinski definition) is 6. The second-order valence-electron chi connectivity index (χ2n) is 8.73. The smallest absolute Gasteiger partial charge is 0.394 e. The molecule has 4 rings (SSSR count). The first kappa shape index (κ1) is 25.0. The number of hydrogen-bond donors (Lipinski definition) is 2. The van der Waals surface area contributed by atoms with Crippen molar-refractivity contribution in [1.82, 2.24) is 19.5 Å². The Labute approximate surface area is 196 Å². The van der Waals surface area contributed by atoms with Crippen molar-refractivity contribution >= 4 is 22.9 Å². The molecule has 35 heavy (non-hydrogen) atoms. The fourth-order valence-electron chi connectivity index (χ4n) is 4.13. The van der Waals surface area contributed by atoms with Crippen molar-refractivity contribution < 1.29 is 31.4 Å². The van der Waals surface area contributed by atoms with Gasteiger partial charge in [0.25, 0.3) is 0 Å². The van der Waals surface area contributed by atoms with Crippen LogP contribution in [0.15, 0.2) is 24.5 Å². The Morgan fingerprint density at radius 3 is 2.29 bits per heavy atom. The molecular weight excluding hydrogens is 478 g/mol. The number of aliphatic hydroxyl groups excluding tert-OH is 1. The molecule has 0 saturated carbocycles. The monoisotopic (exact) mass is 502 g/mol. The highest BCUT2D eigenvalue weighted by Gasteiger charge is 2.37. The molecular formula is C22H24F6N6O. The molecule has 190 valence electrons. The van der Waals surface area contributed by atoms with Crippen LogP contribution in [0.5, 0.6) is 0 Å². The van der Waals surface area contributed by atoms with Crippen LogP contribution >= 0.6 is 0 Å². The maximum absolute atomic E-state index is 13.2. The zero-order valence-electron chi connectivity index (χ0n) is 19.0. The number of benzene rings is 1. The molecule has 0 radical (unpaired) electrons. The summed E-state index contributed by atoms with van der Waals surface area (Å²) >= 11 is 0. The van der Waals surface area contributed by atoms with Gasteiger partial charge in [-0.05, 0) is 50.5 Å². The average Bonchev–Trinajstić information content (AvgIpc) is 3.42. The van der Waals surface area contributed by atoms with Crippen LogP contribution in [0.1, 0.15) is 49.4 Å². The van der Waals surface area contributed by atoms with Gasteiger partial charge in [0.05, 0.1) is 30.1 Å². The standard InChI is InChI=1S/C22H24F6N6O/c1-12(2)34-11-30-17-18(31-20(32-19(17)34)33-5-3-4-16(33)10-35)29-9-13-6-14(21(23,24)25)8-15(7-13)22(26,27)28/h6-8,11-12,16,35H,3-5,9-10H2,1-2H3,(H,29,31,32). The minimum atomic E-state index is -4.93. The molecule has 0 bridgehead atoms. The molecule has 1 aliphatic rings. The Balaban J connectivity index is 1.74. The summed E-state index contributed by atoms with van der Waals surface area (Å²) in [5.41, 5.74) is -2.17. The molecule has 0 amide bonds.